The summed E-state index contributed by atoms with van der Waals surface area (Å²) in [6.07, 6.45) is 3.62. The van der Waals surface area contributed by atoms with Crippen LogP contribution in [0, 0.1) is 17.2 Å². The number of nitrogens with zero attached hydrogens (tertiary/aromatic N) is 4. The highest BCUT2D eigenvalue weighted by atomic mass is 35.5. The predicted molar refractivity (Wildman–Crippen MR) is 156 cm³/mol. The fourth-order valence-electron chi connectivity index (χ4n) is 3.96. The average molecular weight is 572 g/mol. The second kappa shape index (κ2) is 14.1. The zero-order chi connectivity index (χ0) is 27.7. The van der Waals surface area contributed by atoms with Crippen molar-refractivity contribution in [1.29, 1.82) is 5.26 Å². The minimum atomic E-state index is -0.160. The number of nitrogens with one attached hydrogen (secondary N) is 2. The van der Waals surface area contributed by atoms with Crippen molar-refractivity contribution in [1.82, 2.24) is 25.1 Å². The first-order valence-electron chi connectivity index (χ1n) is 12.4. The van der Waals surface area contributed by atoms with Crippen molar-refractivity contribution in [3.63, 3.8) is 0 Å². The molecule has 0 aliphatic rings. The molecular weight excluding hydrogens is 539 g/mol. The predicted octanol–water partition coefficient (Wildman–Crippen LogP) is 5.19. The Bertz CT molecular complexity index is 1290. The quantitative estimate of drug-likeness (QED) is 0.308. The Hall–Kier alpha value is -3.12. The second-order valence-corrected chi connectivity index (χ2v) is 10.5. The zero-order valence-corrected chi connectivity index (χ0v) is 24.1. The highest BCUT2D eigenvalue weighted by molar-refractivity contribution is 7.80. The lowest BCUT2D eigenvalue weighted by atomic mass is 10.0. The normalized spacial score (nSPS) is 11.6. The Morgan fingerprint density at radius 3 is 2.61 bits per heavy atom. The monoisotopic (exact) mass is 570 g/mol. The van der Waals surface area contributed by atoms with Crippen molar-refractivity contribution in [2.75, 3.05) is 13.1 Å². The van der Waals surface area contributed by atoms with Crippen molar-refractivity contribution >= 4 is 46.4 Å². The molecule has 0 spiro atoms. The summed E-state index contributed by atoms with van der Waals surface area (Å²) >= 11 is 18.3. The van der Waals surface area contributed by atoms with Gasteiger partial charge in [-0.25, -0.2) is 4.98 Å². The molecule has 3 aromatic rings. The smallest absolute Gasteiger partial charge is 0.226 e. The third-order valence-electron chi connectivity index (χ3n) is 6.15. The van der Waals surface area contributed by atoms with Crippen LogP contribution in [0.15, 0.2) is 55.0 Å². The number of hydrogen-bond acceptors (Lipinski definition) is 4. The average Bonchev–Trinajstić information content (AvgIpc) is 3.32. The summed E-state index contributed by atoms with van der Waals surface area (Å²) in [7, 11) is 0. The van der Waals surface area contributed by atoms with Crippen molar-refractivity contribution in [2.24, 2.45) is 5.92 Å². The van der Waals surface area contributed by atoms with Crippen LogP contribution in [-0.4, -0.2) is 44.6 Å². The number of imidazole rings is 1. The Balaban J connectivity index is 1.70. The molecule has 0 fully saturated rings. The van der Waals surface area contributed by atoms with Crippen LogP contribution in [0.5, 0.6) is 0 Å². The summed E-state index contributed by atoms with van der Waals surface area (Å²) in [6.45, 7) is 8.33. The summed E-state index contributed by atoms with van der Waals surface area (Å²) in [6, 6.07) is 14.9. The molecule has 0 saturated carbocycles. The summed E-state index contributed by atoms with van der Waals surface area (Å²) in [4.78, 5) is 19.4. The molecule has 200 valence electrons. The van der Waals surface area contributed by atoms with Crippen LogP contribution < -0.4 is 10.6 Å². The van der Waals surface area contributed by atoms with E-state index < -0.39 is 0 Å². The van der Waals surface area contributed by atoms with E-state index in [2.05, 4.69) is 35.5 Å². The maximum atomic E-state index is 13.2. The molecule has 1 amide bonds. The Morgan fingerprint density at radius 2 is 1.95 bits per heavy atom. The van der Waals surface area contributed by atoms with Gasteiger partial charge in [0.05, 0.1) is 34.4 Å². The van der Waals surface area contributed by atoms with E-state index in [9.17, 15) is 4.79 Å². The van der Waals surface area contributed by atoms with E-state index in [4.69, 9.17) is 40.7 Å². The minimum absolute atomic E-state index is 0.0969. The lowest BCUT2D eigenvalue weighted by molar-refractivity contribution is -0.121. The van der Waals surface area contributed by atoms with Crippen LogP contribution in [0.25, 0.3) is 0 Å². The third-order valence-corrected chi connectivity index (χ3v) is 7.41. The number of aromatic nitrogens is 2. The van der Waals surface area contributed by atoms with Gasteiger partial charge in [0, 0.05) is 44.1 Å². The third kappa shape index (κ3) is 8.19. The molecule has 0 aliphatic carbocycles. The standard InChI is InChI=1S/C28H32Cl2N6OS/c1-4-33-28(38)35(16-22-6-5-7-24(29)27(22)30)17-25(19(2)3)34-26(37)12-23-14-32-18-36(23)15-21-10-8-20(13-31)9-11-21/h5-11,14,18-19,25H,4,12,15-17H2,1-3H3,(H,33,38)(H,34,37)/t25-/m1/s1. The second-order valence-electron chi connectivity index (χ2n) is 9.35. The molecule has 1 aromatic heterocycles. The molecule has 3 rings (SSSR count). The van der Waals surface area contributed by atoms with Crippen LogP contribution in [0.1, 0.15) is 43.2 Å². The lowest BCUT2D eigenvalue weighted by Crippen LogP contribution is -2.50. The summed E-state index contributed by atoms with van der Waals surface area (Å²) < 4.78 is 1.94. The fourth-order valence-corrected chi connectivity index (χ4v) is 4.62. The maximum absolute atomic E-state index is 13.2. The van der Waals surface area contributed by atoms with Gasteiger partial charge >= 0.3 is 0 Å². The Kier molecular flexibility index (Phi) is 11.0. The van der Waals surface area contributed by atoms with E-state index in [0.29, 0.717) is 46.9 Å². The largest absolute Gasteiger partial charge is 0.363 e. The van der Waals surface area contributed by atoms with E-state index in [1.807, 2.05) is 40.7 Å². The van der Waals surface area contributed by atoms with Crippen LogP contribution >= 0.6 is 35.4 Å². The molecule has 38 heavy (non-hydrogen) atoms. The van der Waals surface area contributed by atoms with Gasteiger partial charge in [0.25, 0.3) is 0 Å². The van der Waals surface area contributed by atoms with Crippen LogP contribution in [0.4, 0.5) is 0 Å². The summed E-state index contributed by atoms with van der Waals surface area (Å²) in [5.41, 5.74) is 3.30. The lowest BCUT2D eigenvalue weighted by Gasteiger charge is -2.32. The summed E-state index contributed by atoms with van der Waals surface area (Å²) in [5, 5.41) is 17.0. The van der Waals surface area contributed by atoms with Gasteiger partial charge in [0.15, 0.2) is 5.11 Å². The van der Waals surface area contributed by atoms with Crippen molar-refractivity contribution < 1.29 is 4.79 Å². The van der Waals surface area contributed by atoms with Gasteiger partial charge in [-0.1, -0.05) is 61.3 Å². The molecule has 1 heterocycles. The van der Waals surface area contributed by atoms with E-state index in [1.165, 1.54) is 0 Å². The van der Waals surface area contributed by atoms with Gasteiger partial charge in [0.2, 0.25) is 5.91 Å². The molecule has 0 aliphatic heterocycles. The van der Waals surface area contributed by atoms with Crippen molar-refractivity contribution in [2.45, 2.75) is 46.3 Å². The first kappa shape index (κ1) is 29.4. The molecule has 2 N–H and O–H groups in total. The molecular formula is C28H32Cl2N6OS. The maximum Gasteiger partial charge on any atom is 0.226 e. The zero-order valence-electron chi connectivity index (χ0n) is 21.7. The van der Waals surface area contributed by atoms with Gasteiger partial charge in [-0.05, 0) is 54.4 Å². The number of thiocarbonyl (C=S) groups is 1. The van der Waals surface area contributed by atoms with Gasteiger partial charge in [-0.15, -0.1) is 0 Å². The van der Waals surface area contributed by atoms with Crippen LogP contribution in [-0.2, 0) is 24.3 Å². The first-order valence-corrected chi connectivity index (χ1v) is 13.6. The molecule has 0 unspecified atom stereocenters. The van der Waals surface area contributed by atoms with E-state index in [1.54, 1.807) is 30.7 Å². The van der Waals surface area contributed by atoms with Crippen molar-refractivity contribution in [3.8, 4) is 6.07 Å². The SMILES string of the molecule is CCNC(=S)N(Cc1cccc(Cl)c1Cl)C[C@@H](NC(=O)Cc1cncn1Cc1ccc(C#N)cc1)C(C)C. The fraction of sp³-hybridized carbons (Fsp3) is 0.357. The molecule has 1 atom stereocenters. The number of benzene rings is 2. The summed E-state index contributed by atoms with van der Waals surface area (Å²) in [5.74, 6) is 0.0599. The van der Waals surface area contributed by atoms with Gasteiger partial charge < -0.3 is 20.1 Å². The number of hydrogen-bond donors (Lipinski definition) is 2. The molecule has 0 saturated heterocycles. The van der Waals surface area contributed by atoms with E-state index in [0.717, 1.165) is 16.8 Å². The number of amides is 1. The van der Waals surface area contributed by atoms with Crippen LogP contribution in [0.3, 0.4) is 0 Å². The molecule has 2 aromatic carbocycles. The number of carbonyl (C=O) groups excluding carboxylic acids is 1. The first-order chi connectivity index (χ1) is 18.2. The minimum Gasteiger partial charge on any atom is -0.363 e. The van der Waals surface area contributed by atoms with E-state index >= 15 is 0 Å². The van der Waals surface area contributed by atoms with Crippen LogP contribution in [0.2, 0.25) is 10.0 Å². The number of carbonyl (C=O) groups is 1. The highest BCUT2D eigenvalue weighted by Crippen LogP contribution is 2.27. The molecule has 7 nitrogen and oxygen atoms in total. The van der Waals surface area contributed by atoms with Gasteiger partial charge in [0.1, 0.15) is 0 Å². The van der Waals surface area contributed by atoms with Gasteiger partial charge in [-0.3, -0.25) is 4.79 Å². The molecule has 10 heteroatoms. The van der Waals surface area contributed by atoms with Crippen molar-refractivity contribution in [3.05, 3.63) is 87.4 Å². The van der Waals surface area contributed by atoms with Gasteiger partial charge in [-0.2, -0.15) is 5.26 Å². The topological polar surface area (TPSA) is 86.0 Å². The molecule has 0 bridgehead atoms. The van der Waals surface area contributed by atoms with E-state index in [-0.39, 0.29) is 24.3 Å². The molecule has 0 radical (unpaired) electrons. The highest BCUT2D eigenvalue weighted by Gasteiger charge is 2.23. The number of nitriles is 1. The Morgan fingerprint density at radius 1 is 1.21 bits per heavy atom. The Labute approximate surface area is 239 Å². The number of halogens is 2. The number of rotatable bonds is 11.